The highest BCUT2D eigenvalue weighted by atomic mass is 35.5. The van der Waals surface area contributed by atoms with Crippen molar-refractivity contribution in [2.45, 2.75) is 38.4 Å². The van der Waals surface area contributed by atoms with Crippen LogP contribution in [0.3, 0.4) is 0 Å². The van der Waals surface area contributed by atoms with E-state index in [0.717, 1.165) is 19.5 Å². The van der Waals surface area contributed by atoms with E-state index in [2.05, 4.69) is 49.1 Å². The molecule has 1 aromatic rings. The smallest absolute Gasteiger partial charge is 0.0239 e. The van der Waals surface area contributed by atoms with E-state index in [1.54, 1.807) is 0 Å². The van der Waals surface area contributed by atoms with Gasteiger partial charge in [0.05, 0.1) is 0 Å². The molecule has 1 aromatic carbocycles. The summed E-state index contributed by atoms with van der Waals surface area (Å²) in [5.74, 6) is 0. The van der Waals surface area contributed by atoms with Gasteiger partial charge in [-0.05, 0) is 25.8 Å². The van der Waals surface area contributed by atoms with Gasteiger partial charge >= 0.3 is 0 Å². The van der Waals surface area contributed by atoms with Crippen LogP contribution in [0.5, 0.6) is 0 Å². The van der Waals surface area contributed by atoms with Crippen molar-refractivity contribution in [1.29, 1.82) is 0 Å². The molecule has 0 aromatic heterocycles. The molecule has 1 unspecified atom stereocenters. The maximum Gasteiger partial charge on any atom is 0.0239 e. The lowest BCUT2D eigenvalue weighted by atomic mass is 10.0. The molecule has 0 radical (unpaired) electrons. The van der Waals surface area contributed by atoms with Gasteiger partial charge in [0.1, 0.15) is 0 Å². The van der Waals surface area contributed by atoms with Gasteiger partial charge in [-0.25, -0.2) is 0 Å². The summed E-state index contributed by atoms with van der Waals surface area (Å²) in [7, 11) is 0. The summed E-state index contributed by atoms with van der Waals surface area (Å²) in [6.07, 6.45) is 1.10. The normalized spacial score (nSPS) is 22.6. The van der Waals surface area contributed by atoms with Crippen LogP contribution in [0.1, 0.15) is 25.8 Å². The van der Waals surface area contributed by atoms with E-state index in [1.807, 2.05) is 0 Å². The van der Waals surface area contributed by atoms with Gasteiger partial charge < -0.3 is 5.73 Å². The molecule has 1 atom stereocenters. The fraction of sp³-hybridized carbons (Fsp3) is 0.538. The van der Waals surface area contributed by atoms with Crippen molar-refractivity contribution in [2.75, 3.05) is 6.54 Å². The summed E-state index contributed by atoms with van der Waals surface area (Å²) < 4.78 is 0. The number of likely N-dealkylation sites (tertiary alicyclic amines) is 1. The van der Waals surface area contributed by atoms with Crippen molar-refractivity contribution in [3.8, 4) is 0 Å². The Bertz CT molecular complexity index is 327. The van der Waals surface area contributed by atoms with E-state index in [4.69, 9.17) is 5.73 Å². The highest BCUT2D eigenvalue weighted by Crippen LogP contribution is 2.29. The molecule has 1 aliphatic heterocycles. The molecule has 0 amide bonds. The molecule has 0 saturated carbocycles. The quantitative estimate of drug-likeness (QED) is 0.900. The van der Waals surface area contributed by atoms with Gasteiger partial charge in [-0.2, -0.15) is 0 Å². The number of benzene rings is 1. The molecular weight excluding hydrogens is 255 g/mol. The highest BCUT2D eigenvalue weighted by Gasteiger charge is 2.36. The summed E-state index contributed by atoms with van der Waals surface area (Å²) in [5, 5.41) is 0. The van der Waals surface area contributed by atoms with E-state index in [-0.39, 0.29) is 30.4 Å². The molecule has 2 rings (SSSR count). The van der Waals surface area contributed by atoms with E-state index >= 15 is 0 Å². The predicted molar refractivity (Wildman–Crippen MR) is 78.0 cm³/mol. The molecule has 17 heavy (non-hydrogen) atoms. The minimum absolute atomic E-state index is 0. The number of hydrogen-bond acceptors (Lipinski definition) is 2. The molecule has 98 valence electrons. The Balaban J connectivity index is 0.00000128. The lowest BCUT2D eigenvalue weighted by Gasteiger charge is -2.31. The molecule has 4 heteroatoms. The molecule has 1 saturated heterocycles. The van der Waals surface area contributed by atoms with Gasteiger partial charge in [0.25, 0.3) is 0 Å². The number of halogens is 2. The van der Waals surface area contributed by atoms with Crippen LogP contribution in [-0.2, 0) is 6.54 Å². The van der Waals surface area contributed by atoms with Crippen molar-refractivity contribution in [3.05, 3.63) is 35.9 Å². The number of rotatable bonds is 2. The number of nitrogens with two attached hydrogens (primary N) is 1. The average molecular weight is 277 g/mol. The molecule has 1 fully saturated rings. The zero-order valence-corrected chi connectivity index (χ0v) is 12.1. The van der Waals surface area contributed by atoms with Crippen LogP contribution in [0.15, 0.2) is 30.3 Å². The van der Waals surface area contributed by atoms with Gasteiger partial charge in [-0.3, -0.25) is 4.90 Å². The lowest BCUT2D eigenvalue weighted by molar-refractivity contribution is 0.166. The Hall–Kier alpha value is -0.280. The summed E-state index contributed by atoms with van der Waals surface area (Å²) in [6, 6.07) is 10.9. The summed E-state index contributed by atoms with van der Waals surface area (Å²) in [6.45, 7) is 6.59. The molecule has 0 bridgehead atoms. The van der Waals surface area contributed by atoms with Gasteiger partial charge in [0.2, 0.25) is 0 Å². The summed E-state index contributed by atoms with van der Waals surface area (Å²) in [5.41, 5.74) is 7.63. The zero-order chi connectivity index (χ0) is 10.9. The number of nitrogens with zero attached hydrogens (tertiary/aromatic N) is 1. The van der Waals surface area contributed by atoms with Gasteiger partial charge in [-0.15, -0.1) is 24.8 Å². The minimum atomic E-state index is 0. The maximum atomic E-state index is 6.01. The second-order valence-corrected chi connectivity index (χ2v) is 5.14. The van der Waals surface area contributed by atoms with Crippen LogP contribution in [0.25, 0.3) is 0 Å². The predicted octanol–water partition coefficient (Wildman–Crippen LogP) is 2.84. The van der Waals surface area contributed by atoms with Crippen molar-refractivity contribution in [1.82, 2.24) is 4.90 Å². The minimum Gasteiger partial charge on any atom is -0.326 e. The van der Waals surface area contributed by atoms with Gasteiger partial charge in [0.15, 0.2) is 0 Å². The van der Waals surface area contributed by atoms with Crippen molar-refractivity contribution in [2.24, 2.45) is 5.73 Å². The Morgan fingerprint density at radius 2 is 1.82 bits per heavy atom. The monoisotopic (exact) mass is 276 g/mol. The maximum absolute atomic E-state index is 6.01. The van der Waals surface area contributed by atoms with Crippen LogP contribution in [0.2, 0.25) is 0 Å². The van der Waals surface area contributed by atoms with Crippen LogP contribution < -0.4 is 5.73 Å². The van der Waals surface area contributed by atoms with Crippen molar-refractivity contribution >= 4 is 24.8 Å². The first-order chi connectivity index (χ1) is 7.08. The molecule has 2 N–H and O–H groups in total. The Morgan fingerprint density at radius 3 is 2.29 bits per heavy atom. The first kappa shape index (κ1) is 16.7. The zero-order valence-electron chi connectivity index (χ0n) is 10.4. The number of hydrogen-bond donors (Lipinski definition) is 1. The van der Waals surface area contributed by atoms with E-state index < -0.39 is 0 Å². The summed E-state index contributed by atoms with van der Waals surface area (Å²) >= 11 is 0. The fourth-order valence-corrected chi connectivity index (χ4v) is 2.45. The first-order valence-corrected chi connectivity index (χ1v) is 5.62. The molecule has 1 aliphatic rings. The van der Waals surface area contributed by atoms with Crippen LogP contribution >= 0.6 is 24.8 Å². The Kier molecular flexibility index (Phi) is 6.49. The topological polar surface area (TPSA) is 29.3 Å². The largest absolute Gasteiger partial charge is 0.326 e. The second kappa shape index (κ2) is 6.60. The lowest BCUT2D eigenvalue weighted by Crippen LogP contribution is -2.37. The molecule has 1 heterocycles. The third kappa shape index (κ3) is 4.14. The fourth-order valence-electron chi connectivity index (χ4n) is 2.45. The SMILES string of the molecule is CC1(C)CC(N)CN1Cc1ccccc1.Cl.Cl. The van der Waals surface area contributed by atoms with Gasteiger partial charge in [-0.1, -0.05) is 30.3 Å². The van der Waals surface area contributed by atoms with Crippen molar-refractivity contribution in [3.63, 3.8) is 0 Å². The standard InChI is InChI=1S/C13H20N2.2ClH/c1-13(2)8-12(14)10-15(13)9-11-6-4-3-5-7-11;;/h3-7,12H,8-10,14H2,1-2H3;2*1H. The van der Waals surface area contributed by atoms with E-state index in [1.165, 1.54) is 5.56 Å². The average Bonchev–Trinajstić information content (AvgIpc) is 2.41. The molecular formula is C13H22Cl2N2. The third-order valence-electron chi connectivity index (χ3n) is 3.29. The second-order valence-electron chi connectivity index (χ2n) is 5.14. The first-order valence-electron chi connectivity index (χ1n) is 5.62. The third-order valence-corrected chi connectivity index (χ3v) is 3.29. The highest BCUT2D eigenvalue weighted by molar-refractivity contribution is 5.85. The Morgan fingerprint density at radius 1 is 1.24 bits per heavy atom. The van der Waals surface area contributed by atoms with Gasteiger partial charge in [0, 0.05) is 24.7 Å². The van der Waals surface area contributed by atoms with Crippen LogP contribution in [0, 0.1) is 0 Å². The molecule has 0 spiro atoms. The van der Waals surface area contributed by atoms with Crippen molar-refractivity contribution < 1.29 is 0 Å². The van der Waals surface area contributed by atoms with Crippen LogP contribution in [-0.4, -0.2) is 23.0 Å². The Labute approximate surface area is 116 Å². The van der Waals surface area contributed by atoms with E-state index in [0.29, 0.717) is 6.04 Å². The molecule has 0 aliphatic carbocycles. The van der Waals surface area contributed by atoms with E-state index in [9.17, 15) is 0 Å². The molecule has 2 nitrogen and oxygen atoms in total. The summed E-state index contributed by atoms with van der Waals surface area (Å²) in [4.78, 5) is 2.48. The van der Waals surface area contributed by atoms with Crippen LogP contribution in [0.4, 0.5) is 0 Å².